The van der Waals surface area contributed by atoms with E-state index < -0.39 is 0 Å². The number of amides is 1. The van der Waals surface area contributed by atoms with E-state index in [4.69, 9.17) is 0 Å². The molecule has 0 bridgehead atoms. The number of carbonyl (C=O) groups is 1. The molecule has 1 aromatic rings. The molecule has 2 unspecified atom stereocenters. The fourth-order valence-corrected chi connectivity index (χ4v) is 2.52. The number of benzene rings is 1. The lowest BCUT2D eigenvalue weighted by Crippen LogP contribution is -2.60. The lowest BCUT2D eigenvalue weighted by Gasteiger charge is -2.41. The summed E-state index contributed by atoms with van der Waals surface area (Å²) < 4.78 is 13.4. The van der Waals surface area contributed by atoms with E-state index in [1.54, 1.807) is 6.07 Å². The van der Waals surface area contributed by atoms with Crippen LogP contribution in [0.5, 0.6) is 0 Å². The Morgan fingerprint density at radius 1 is 1.53 bits per heavy atom. The van der Waals surface area contributed by atoms with Gasteiger partial charge in [0.05, 0.1) is 0 Å². The maximum absolute atomic E-state index is 13.4. The van der Waals surface area contributed by atoms with Crippen molar-refractivity contribution in [2.45, 2.75) is 25.4 Å². The Balaban J connectivity index is 2.28. The van der Waals surface area contributed by atoms with Crippen LogP contribution in [-0.4, -0.2) is 38.1 Å². The zero-order valence-electron chi connectivity index (χ0n) is 11.3. The second-order valence-electron chi connectivity index (χ2n) is 4.89. The molecule has 0 saturated carbocycles. The summed E-state index contributed by atoms with van der Waals surface area (Å²) in [5.41, 5.74) is 0.767. The summed E-state index contributed by atoms with van der Waals surface area (Å²) in [6.45, 7) is 3.37. The number of nitrogens with one attached hydrogen (secondary N) is 2. The van der Waals surface area contributed by atoms with Gasteiger partial charge in [-0.3, -0.25) is 4.79 Å². The van der Waals surface area contributed by atoms with Gasteiger partial charge in [0.2, 0.25) is 5.91 Å². The number of carbonyl (C=O) groups excluding carboxylic acids is 1. The summed E-state index contributed by atoms with van der Waals surface area (Å²) in [7, 11) is 1.86. The molecule has 1 fully saturated rings. The molecule has 1 aromatic carbocycles. The molecule has 0 radical (unpaired) electrons. The van der Waals surface area contributed by atoms with E-state index in [9.17, 15) is 9.18 Å². The summed E-state index contributed by atoms with van der Waals surface area (Å²) in [5.74, 6) is -0.263. The molecule has 0 aromatic heterocycles. The van der Waals surface area contributed by atoms with Crippen LogP contribution in [0.4, 0.5) is 10.1 Å². The van der Waals surface area contributed by atoms with E-state index in [2.05, 4.69) is 10.6 Å². The number of rotatable bonds is 4. The largest absolute Gasteiger partial charge is 0.355 e. The van der Waals surface area contributed by atoms with Gasteiger partial charge in [-0.2, -0.15) is 0 Å². The van der Waals surface area contributed by atoms with E-state index in [-0.39, 0.29) is 23.8 Å². The third-order valence-electron chi connectivity index (χ3n) is 3.46. The Hall–Kier alpha value is -1.62. The minimum Gasteiger partial charge on any atom is -0.355 e. The molecule has 0 spiro atoms. The van der Waals surface area contributed by atoms with Gasteiger partial charge in [0.15, 0.2) is 0 Å². The molecule has 104 valence electrons. The van der Waals surface area contributed by atoms with Gasteiger partial charge in [0, 0.05) is 18.3 Å². The highest BCUT2D eigenvalue weighted by atomic mass is 19.1. The minimum absolute atomic E-state index is 0.0117. The van der Waals surface area contributed by atoms with Crippen LogP contribution >= 0.6 is 0 Å². The Labute approximate surface area is 113 Å². The standard InChI is InChI=1S/C14H20FN3O/c1-10-9-17-14(19)13(6-7-16-2)18(10)12-5-3-4-11(15)8-12/h3-5,8,10,13,16H,6-7,9H2,1-2H3,(H,17,19). The molecule has 0 aliphatic carbocycles. The molecule has 2 N–H and O–H groups in total. The summed E-state index contributed by atoms with van der Waals surface area (Å²) in [5, 5.41) is 5.96. The van der Waals surface area contributed by atoms with Gasteiger partial charge in [0.25, 0.3) is 0 Å². The normalized spacial score (nSPS) is 23.3. The molecule has 4 nitrogen and oxygen atoms in total. The number of nitrogens with zero attached hydrogens (tertiary/aromatic N) is 1. The van der Waals surface area contributed by atoms with Crippen LogP contribution in [-0.2, 0) is 4.79 Å². The molecule has 2 atom stereocenters. The van der Waals surface area contributed by atoms with E-state index >= 15 is 0 Å². The van der Waals surface area contributed by atoms with Crippen molar-refractivity contribution >= 4 is 11.6 Å². The number of halogens is 1. The quantitative estimate of drug-likeness (QED) is 0.858. The van der Waals surface area contributed by atoms with Crippen LogP contribution in [0.1, 0.15) is 13.3 Å². The lowest BCUT2D eigenvalue weighted by atomic mass is 10.0. The van der Waals surface area contributed by atoms with Crippen molar-refractivity contribution in [2.24, 2.45) is 0 Å². The second kappa shape index (κ2) is 6.02. The van der Waals surface area contributed by atoms with Crippen LogP contribution in [0, 0.1) is 5.82 Å². The van der Waals surface area contributed by atoms with Crippen molar-refractivity contribution in [3.8, 4) is 0 Å². The van der Waals surface area contributed by atoms with Crippen LogP contribution < -0.4 is 15.5 Å². The van der Waals surface area contributed by atoms with E-state index in [0.29, 0.717) is 13.0 Å². The van der Waals surface area contributed by atoms with E-state index in [0.717, 1.165) is 12.2 Å². The lowest BCUT2D eigenvalue weighted by molar-refractivity contribution is -0.123. The van der Waals surface area contributed by atoms with Crippen molar-refractivity contribution in [3.05, 3.63) is 30.1 Å². The average Bonchev–Trinajstić information content (AvgIpc) is 2.39. The summed E-state index contributed by atoms with van der Waals surface area (Å²) in [4.78, 5) is 14.1. The highest BCUT2D eigenvalue weighted by Gasteiger charge is 2.33. The monoisotopic (exact) mass is 265 g/mol. The van der Waals surface area contributed by atoms with Gasteiger partial charge < -0.3 is 15.5 Å². The van der Waals surface area contributed by atoms with Gasteiger partial charge in [0.1, 0.15) is 11.9 Å². The predicted molar refractivity (Wildman–Crippen MR) is 73.7 cm³/mol. The average molecular weight is 265 g/mol. The Bertz CT molecular complexity index is 452. The number of hydrogen-bond donors (Lipinski definition) is 2. The molecule has 1 saturated heterocycles. The molecule has 1 aliphatic rings. The maximum Gasteiger partial charge on any atom is 0.242 e. The van der Waals surface area contributed by atoms with Crippen molar-refractivity contribution in [3.63, 3.8) is 0 Å². The first-order valence-corrected chi connectivity index (χ1v) is 6.59. The third-order valence-corrected chi connectivity index (χ3v) is 3.46. The topological polar surface area (TPSA) is 44.4 Å². The molecule has 1 amide bonds. The van der Waals surface area contributed by atoms with Gasteiger partial charge in [-0.25, -0.2) is 4.39 Å². The smallest absolute Gasteiger partial charge is 0.242 e. The van der Waals surface area contributed by atoms with Crippen LogP contribution in [0.15, 0.2) is 24.3 Å². The van der Waals surface area contributed by atoms with Crippen molar-refractivity contribution in [1.82, 2.24) is 10.6 Å². The Kier molecular flexibility index (Phi) is 4.37. The fraction of sp³-hybridized carbons (Fsp3) is 0.500. The van der Waals surface area contributed by atoms with Gasteiger partial charge >= 0.3 is 0 Å². The third kappa shape index (κ3) is 3.04. The molecule has 1 aliphatic heterocycles. The van der Waals surface area contributed by atoms with Gasteiger partial charge in [-0.1, -0.05) is 6.07 Å². The van der Waals surface area contributed by atoms with Crippen molar-refractivity contribution in [1.29, 1.82) is 0 Å². The number of hydrogen-bond acceptors (Lipinski definition) is 3. The first-order chi connectivity index (χ1) is 9.13. The molecular formula is C14H20FN3O. The highest BCUT2D eigenvalue weighted by molar-refractivity contribution is 5.86. The molecule has 19 heavy (non-hydrogen) atoms. The molecule has 1 heterocycles. The summed E-state index contributed by atoms with van der Waals surface area (Å²) in [6.07, 6.45) is 0.698. The van der Waals surface area contributed by atoms with Crippen LogP contribution in [0.25, 0.3) is 0 Å². The zero-order chi connectivity index (χ0) is 13.8. The predicted octanol–water partition coefficient (Wildman–Crippen LogP) is 1.13. The van der Waals surface area contributed by atoms with Crippen molar-refractivity contribution < 1.29 is 9.18 Å². The van der Waals surface area contributed by atoms with Gasteiger partial charge in [-0.15, -0.1) is 0 Å². The summed E-state index contributed by atoms with van der Waals surface area (Å²) >= 11 is 0. The minimum atomic E-state index is -0.275. The highest BCUT2D eigenvalue weighted by Crippen LogP contribution is 2.24. The Morgan fingerprint density at radius 2 is 2.32 bits per heavy atom. The van der Waals surface area contributed by atoms with E-state index in [1.807, 2.05) is 24.9 Å². The first-order valence-electron chi connectivity index (χ1n) is 6.59. The number of piperazine rings is 1. The molecule has 5 heteroatoms. The van der Waals surface area contributed by atoms with Crippen molar-refractivity contribution in [2.75, 3.05) is 25.0 Å². The van der Waals surface area contributed by atoms with Gasteiger partial charge in [-0.05, 0) is 45.1 Å². The first kappa shape index (κ1) is 13.8. The maximum atomic E-state index is 13.4. The summed E-state index contributed by atoms with van der Waals surface area (Å²) in [6, 6.07) is 6.34. The molecular weight excluding hydrogens is 245 g/mol. The van der Waals surface area contributed by atoms with Crippen LogP contribution in [0.3, 0.4) is 0 Å². The zero-order valence-corrected chi connectivity index (χ0v) is 11.3. The van der Waals surface area contributed by atoms with Crippen LogP contribution in [0.2, 0.25) is 0 Å². The number of anilines is 1. The second-order valence-corrected chi connectivity index (χ2v) is 4.89. The van der Waals surface area contributed by atoms with E-state index in [1.165, 1.54) is 12.1 Å². The SMILES string of the molecule is CNCCC1C(=O)NCC(C)N1c1cccc(F)c1. The molecule has 2 rings (SSSR count). The Morgan fingerprint density at radius 3 is 3.00 bits per heavy atom. The fourth-order valence-electron chi connectivity index (χ4n) is 2.52.